The molecule has 1 aliphatic carbocycles. The van der Waals surface area contributed by atoms with Gasteiger partial charge in [-0.15, -0.1) is 0 Å². The van der Waals surface area contributed by atoms with E-state index in [1.807, 2.05) is 0 Å². The van der Waals surface area contributed by atoms with Crippen LogP contribution < -0.4 is 0 Å². The zero-order valence-electron chi connectivity index (χ0n) is 10.2. The number of aliphatic hydroxyl groups excluding tert-OH is 1. The van der Waals surface area contributed by atoms with Gasteiger partial charge in [-0.25, -0.2) is 8.78 Å². The van der Waals surface area contributed by atoms with Gasteiger partial charge in [-0.3, -0.25) is 0 Å². The van der Waals surface area contributed by atoms with Crippen LogP contribution in [0, 0.1) is 11.6 Å². The molecule has 1 atom stereocenters. The monoisotopic (exact) mass is 272 g/mol. The molecule has 1 unspecified atom stereocenters. The van der Waals surface area contributed by atoms with Gasteiger partial charge in [-0.2, -0.15) is 11.8 Å². The van der Waals surface area contributed by atoms with E-state index in [0.717, 1.165) is 12.8 Å². The SMILES string of the molecule is OC(CSC1CCCCC1)c1c(F)cccc1F. The quantitative estimate of drug-likeness (QED) is 0.891. The lowest BCUT2D eigenvalue weighted by molar-refractivity contribution is 0.193. The third-order valence-electron chi connectivity index (χ3n) is 3.37. The molecule has 0 bridgehead atoms. The lowest BCUT2D eigenvalue weighted by Gasteiger charge is -2.22. The summed E-state index contributed by atoms with van der Waals surface area (Å²) >= 11 is 1.63. The molecule has 0 heterocycles. The van der Waals surface area contributed by atoms with E-state index in [-0.39, 0.29) is 5.56 Å². The van der Waals surface area contributed by atoms with Gasteiger partial charge in [0.25, 0.3) is 0 Å². The number of hydrogen-bond donors (Lipinski definition) is 1. The first-order valence-electron chi connectivity index (χ1n) is 6.42. The highest BCUT2D eigenvalue weighted by atomic mass is 32.2. The van der Waals surface area contributed by atoms with Crippen LogP contribution in [0.5, 0.6) is 0 Å². The maximum atomic E-state index is 13.5. The summed E-state index contributed by atoms with van der Waals surface area (Å²) in [7, 11) is 0. The average Bonchev–Trinajstić information content (AvgIpc) is 2.37. The van der Waals surface area contributed by atoms with E-state index < -0.39 is 17.7 Å². The molecule has 1 nitrogen and oxygen atoms in total. The van der Waals surface area contributed by atoms with E-state index in [4.69, 9.17) is 0 Å². The van der Waals surface area contributed by atoms with Gasteiger partial charge in [0.05, 0.1) is 11.7 Å². The Morgan fingerprint density at radius 2 is 1.78 bits per heavy atom. The van der Waals surface area contributed by atoms with Gasteiger partial charge in [-0.05, 0) is 25.0 Å². The molecule has 0 radical (unpaired) electrons. The molecule has 0 amide bonds. The van der Waals surface area contributed by atoms with Crippen molar-refractivity contribution in [3.8, 4) is 0 Å². The summed E-state index contributed by atoms with van der Waals surface area (Å²) in [5.74, 6) is -0.957. The number of aliphatic hydroxyl groups is 1. The van der Waals surface area contributed by atoms with Crippen molar-refractivity contribution in [2.45, 2.75) is 43.5 Å². The summed E-state index contributed by atoms with van der Waals surface area (Å²) in [6.07, 6.45) is 4.97. The molecule has 1 aromatic carbocycles. The Morgan fingerprint density at radius 1 is 1.17 bits per heavy atom. The zero-order valence-corrected chi connectivity index (χ0v) is 11.1. The normalized spacial score (nSPS) is 18.8. The summed E-state index contributed by atoms with van der Waals surface area (Å²) in [5.41, 5.74) is -0.194. The second kappa shape index (κ2) is 6.53. The van der Waals surface area contributed by atoms with E-state index >= 15 is 0 Å². The fraction of sp³-hybridized carbons (Fsp3) is 0.571. The van der Waals surface area contributed by atoms with E-state index in [0.29, 0.717) is 11.0 Å². The Morgan fingerprint density at radius 3 is 2.39 bits per heavy atom. The van der Waals surface area contributed by atoms with Crippen molar-refractivity contribution < 1.29 is 13.9 Å². The first-order valence-corrected chi connectivity index (χ1v) is 7.47. The number of rotatable bonds is 4. The maximum Gasteiger partial charge on any atom is 0.131 e. The molecular weight excluding hydrogens is 254 g/mol. The van der Waals surface area contributed by atoms with Gasteiger partial charge in [-0.1, -0.05) is 25.3 Å². The summed E-state index contributed by atoms with van der Waals surface area (Å²) in [4.78, 5) is 0. The first-order chi connectivity index (χ1) is 8.68. The fourth-order valence-electron chi connectivity index (χ4n) is 2.37. The molecule has 1 aliphatic rings. The van der Waals surface area contributed by atoms with Gasteiger partial charge in [0.15, 0.2) is 0 Å². The maximum absolute atomic E-state index is 13.5. The van der Waals surface area contributed by atoms with Crippen LogP contribution in [0.4, 0.5) is 8.78 Å². The topological polar surface area (TPSA) is 20.2 Å². The van der Waals surface area contributed by atoms with Crippen LogP contribution >= 0.6 is 11.8 Å². The third-order valence-corrected chi connectivity index (χ3v) is 4.83. The first kappa shape index (κ1) is 13.8. The van der Waals surface area contributed by atoms with Crippen LogP contribution in [-0.2, 0) is 0 Å². The van der Waals surface area contributed by atoms with Gasteiger partial charge in [0, 0.05) is 11.0 Å². The van der Waals surface area contributed by atoms with Crippen molar-refractivity contribution in [2.75, 3.05) is 5.75 Å². The van der Waals surface area contributed by atoms with Gasteiger partial charge in [0.1, 0.15) is 11.6 Å². The largest absolute Gasteiger partial charge is 0.387 e. The van der Waals surface area contributed by atoms with Crippen LogP contribution in [0.1, 0.15) is 43.8 Å². The highest BCUT2D eigenvalue weighted by Crippen LogP contribution is 2.32. The molecule has 1 N–H and O–H groups in total. The number of halogens is 2. The van der Waals surface area contributed by atoms with Crippen molar-refractivity contribution in [3.63, 3.8) is 0 Å². The van der Waals surface area contributed by atoms with Gasteiger partial charge >= 0.3 is 0 Å². The molecular formula is C14H18F2OS. The van der Waals surface area contributed by atoms with Crippen molar-refractivity contribution in [1.29, 1.82) is 0 Å². The predicted octanol–water partition coefficient (Wildman–Crippen LogP) is 4.06. The summed E-state index contributed by atoms with van der Waals surface area (Å²) < 4.78 is 26.9. The Balaban J connectivity index is 1.92. The molecule has 1 fully saturated rings. The highest BCUT2D eigenvalue weighted by Gasteiger charge is 2.20. The third kappa shape index (κ3) is 3.45. The number of thioether (sulfide) groups is 1. The van der Waals surface area contributed by atoms with Gasteiger partial charge in [0.2, 0.25) is 0 Å². The van der Waals surface area contributed by atoms with Crippen molar-refractivity contribution in [3.05, 3.63) is 35.4 Å². The predicted molar refractivity (Wildman–Crippen MR) is 70.6 cm³/mol. The van der Waals surface area contributed by atoms with E-state index in [1.54, 1.807) is 11.8 Å². The smallest absolute Gasteiger partial charge is 0.131 e. The van der Waals surface area contributed by atoms with Crippen LogP contribution in [-0.4, -0.2) is 16.1 Å². The molecule has 18 heavy (non-hydrogen) atoms. The molecule has 100 valence electrons. The average molecular weight is 272 g/mol. The van der Waals surface area contributed by atoms with Crippen molar-refractivity contribution in [2.24, 2.45) is 0 Å². The number of benzene rings is 1. The Bertz CT molecular complexity index is 371. The molecule has 4 heteroatoms. The molecule has 0 spiro atoms. The molecule has 1 aromatic rings. The minimum Gasteiger partial charge on any atom is -0.387 e. The highest BCUT2D eigenvalue weighted by molar-refractivity contribution is 7.99. The Labute approximate surface area is 111 Å². The summed E-state index contributed by atoms with van der Waals surface area (Å²) in [5, 5.41) is 10.4. The van der Waals surface area contributed by atoms with Gasteiger partial charge < -0.3 is 5.11 Å². The lowest BCUT2D eigenvalue weighted by atomic mass is 10.0. The zero-order chi connectivity index (χ0) is 13.0. The molecule has 0 saturated heterocycles. The molecule has 0 aromatic heterocycles. The second-order valence-electron chi connectivity index (χ2n) is 4.74. The Kier molecular flexibility index (Phi) is 5.01. The second-order valence-corrected chi connectivity index (χ2v) is 6.08. The van der Waals surface area contributed by atoms with Crippen LogP contribution in [0.25, 0.3) is 0 Å². The van der Waals surface area contributed by atoms with E-state index in [2.05, 4.69) is 0 Å². The molecule has 2 rings (SSSR count). The molecule has 1 saturated carbocycles. The van der Waals surface area contributed by atoms with E-state index in [9.17, 15) is 13.9 Å². The minimum absolute atomic E-state index is 0.194. The summed E-state index contributed by atoms with van der Waals surface area (Å²) in [6.45, 7) is 0. The van der Waals surface area contributed by atoms with Crippen molar-refractivity contribution in [1.82, 2.24) is 0 Å². The lowest BCUT2D eigenvalue weighted by Crippen LogP contribution is -2.13. The van der Waals surface area contributed by atoms with Crippen LogP contribution in [0.15, 0.2) is 18.2 Å². The van der Waals surface area contributed by atoms with Crippen LogP contribution in [0.3, 0.4) is 0 Å². The van der Waals surface area contributed by atoms with E-state index in [1.165, 1.54) is 37.5 Å². The van der Waals surface area contributed by atoms with Crippen LogP contribution in [0.2, 0.25) is 0 Å². The number of hydrogen-bond acceptors (Lipinski definition) is 2. The molecule has 0 aliphatic heterocycles. The standard InChI is InChI=1S/C14H18F2OS/c15-11-7-4-8-12(16)14(11)13(17)9-18-10-5-2-1-3-6-10/h4,7-8,10,13,17H,1-3,5-6,9H2. The Hall–Kier alpha value is -0.610. The minimum atomic E-state index is -1.06. The summed E-state index contributed by atoms with van der Waals surface area (Å²) in [6, 6.07) is 3.69. The fourth-order valence-corrected chi connectivity index (χ4v) is 3.66. The van der Waals surface area contributed by atoms with Crippen molar-refractivity contribution >= 4 is 11.8 Å².